The number of nitro groups is 1. The highest BCUT2D eigenvalue weighted by atomic mass is 35.5. The molecule has 0 N–H and O–H groups in total. The van der Waals surface area contributed by atoms with Gasteiger partial charge in [0.05, 0.1) is 9.82 Å². The van der Waals surface area contributed by atoms with Gasteiger partial charge in [0.1, 0.15) is 0 Å². The molecule has 0 radical (unpaired) electrons. The van der Waals surface area contributed by atoms with Crippen molar-refractivity contribution in [3.63, 3.8) is 0 Å². The number of hydrogen-bond acceptors (Lipinski definition) is 4. The summed E-state index contributed by atoms with van der Waals surface area (Å²) in [6.07, 6.45) is 0. The molecule has 0 aliphatic carbocycles. The summed E-state index contributed by atoms with van der Waals surface area (Å²) in [5.74, 6) is -0.256. The van der Waals surface area contributed by atoms with Gasteiger partial charge in [0.25, 0.3) is 5.69 Å². The zero-order valence-electron chi connectivity index (χ0n) is 11.7. The van der Waals surface area contributed by atoms with Crippen LogP contribution in [0.25, 0.3) is 0 Å². The summed E-state index contributed by atoms with van der Waals surface area (Å²) in [6, 6.07) is 3.91. The van der Waals surface area contributed by atoms with Gasteiger partial charge in [-0.3, -0.25) is 10.1 Å². The predicted octanol–water partition coefficient (Wildman–Crippen LogP) is 2.58. The van der Waals surface area contributed by atoms with Crippen LogP contribution in [0, 0.1) is 10.1 Å². The first-order chi connectivity index (χ1) is 9.09. The van der Waals surface area contributed by atoms with Crippen LogP contribution in [-0.2, 0) is 10.0 Å². The average Bonchev–Trinajstić information content (AvgIpc) is 2.36. The van der Waals surface area contributed by atoms with E-state index < -0.39 is 14.9 Å². The van der Waals surface area contributed by atoms with Crippen LogP contribution in [0.2, 0.25) is 0 Å². The van der Waals surface area contributed by atoms with Crippen molar-refractivity contribution in [2.45, 2.75) is 30.0 Å². The zero-order chi connectivity index (χ0) is 15.7. The molecule has 2 atom stereocenters. The molecule has 0 bridgehead atoms. The highest BCUT2D eigenvalue weighted by molar-refractivity contribution is 7.89. The molecule has 0 saturated carbocycles. The van der Waals surface area contributed by atoms with E-state index in [9.17, 15) is 18.5 Å². The Morgan fingerprint density at radius 3 is 2.25 bits per heavy atom. The number of alkyl halides is 1. The standard InChI is InChI=1S/C12H17ClN2O4S/c1-8(9(2)13)11-6-5-10(7-12(11)15(16)17)20(18,19)14(3)4/h5-9H,1-4H3. The molecule has 6 nitrogen and oxygen atoms in total. The lowest BCUT2D eigenvalue weighted by molar-refractivity contribution is -0.385. The van der Waals surface area contributed by atoms with Crippen LogP contribution in [0.1, 0.15) is 25.3 Å². The van der Waals surface area contributed by atoms with Gasteiger partial charge in [0, 0.05) is 37.0 Å². The lowest BCUT2D eigenvalue weighted by Gasteiger charge is -2.16. The summed E-state index contributed by atoms with van der Waals surface area (Å²) in [5.41, 5.74) is 0.197. The number of hydrogen-bond donors (Lipinski definition) is 0. The van der Waals surface area contributed by atoms with Gasteiger partial charge in [-0.2, -0.15) is 0 Å². The summed E-state index contributed by atoms with van der Waals surface area (Å²) in [4.78, 5) is 10.5. The summed E-state index contributed by atoms with van der Waals surface area (Å²) in [7, 11) is -0.953. The molecule has 0 spiro atoms. The van der Waals surface area contributed by atoms with E-state index in [0.717, 1.165) is 10.4 Å². The molecule has 0 saturated heterocycles. The molecule has 1 aromatic rings. The molecule has 0 fully saturated rings. The Hall–Kier alpha value is -1.18. The lowest BCUT2D eigenvalue weighted by atomic mass is 9.96. The SMILES string of the molecule is CC(Cl)C(C)c1ccc(S(=O)(=O)N(C)C)cc1[N+](=O)[O-]. The number of sulfonamides is 1. The van der Waals surface area contributed by atoms with Gasteiger partial charge >= 0.3 is 0 Å². The molecule has 1 aromatic carbocycles. The molecule has 8 heteroatoms. The topological polar surface area (TPSA) is 80.5 Å². The summed E-state index contributed by atoms with van der Waals surface area (Å²) < 4.78 is 25.0. The highest BCUT2D eigenvalue weighted by Gasteiger charge is 2.26. The van der Waals surface area contributed by atoms with Gasteiger partial charge in [0.15, 0.2) is 0 Å². The van der Waals surface area contributed by atoms with Crippen LogP contribution in [0.5, 0.6) is 0 Å². The summed E-state index contributed by atoms with van der Waals surface area (Å²) in [6.45, 7) is 3.50. The predicted molar refractivity (Wildman–Crippen MR) is 77.7 cm³/mol. The van der Waals surface area contributed by atoms with Crippen molar-refractivity contribution >= 4 is 27.3 Å². The van der Waals surface area contributed by atoms with Crippen molar-refractivity contribution in [3.8, 4) is 0 Å². The minimum absolute atomic E-state index is 0.104. The van der Waals surface area contributed by atoms with Crippen LogP contribution < -0.4 is 0 Å². The van der Waals surface area contributed by atoms with Crippen molar-refractivity contribution in [1.29, 1.82) is 0 Å². The van der Waals surface area contributed by atoms with E-state index in [1.54, 1.807) is 13.8 Å². The van der Waals surface area contributed by atoms with Crippen LogP contribution >= 0.6 is 11.6 Å². The smallest absolute Gasteiger partial charge is 0.258 e. The average molecular weight is 321 g/mol. The van der Waals surface area contributed by atoms with Crippen LogP contribution in [0.15, 0.2) is 23.1 Å². The van der Waals surface area contributed by atoms with Crippen LogP contribution in [0.3, 0.4) is 0 Å². The molecular formula is C12H17ClN2O4S. The van der Waals surface area contributed by atoms with Gasteiger partial charge in [-0.15, -0.1) is 11.6 Å². The summed E-state index contributed by atoms with van der Waals surface area (Å²) in [5, 5.41) is 10.9. The Morgan fingerprint density at radius 1 is 1.30 bits per heavy atom. The fourth-order valence-electron chi connectivity index (χ4n) is 1.69. The molecule has 0 amide bonds. The Labute approximate surface area is 123 Å². The second-order valence-electron chi connectivity index (χ2n) is 4.73. The Kier molecular flexibility index (Phi) is 5.12. The van der Waals surface area contributed by atoms with Crippen molar-refractivity contribution in [1.82, 2.24) is 4.31 Å². The van der Waals surface area contributed by atoms with E-state index in [4.69, 9.17) is 11.6 Å². The van der Waals surface area contributed by atoms with Gasteiger partial charge in [-0.05, 0) is 13.0 Å². The molecule has 20 heavy (non-hydrogen) atoms. The molecule has 2 unspecified atom stereocenters. The molecule has 0 heterocycles. The second kappa shape index (κ2) is 6.07. The first kappa shape index (κ1) is 16.9. The maximum atomic E-state index is 12.0. The second-order valence-corrected chi connectivity index (χ2v) is 7.57. The van der Waals surface area contributed by atoms with E-state index >= 15 is 0 Å². The molecule has 1 rings (SSSR count). The third kappa shape index (κ3) is 3.28. The number of nitrogens with zero attached hydrogens (tertiary/aromatic N) is 2. The van der Waals surface area contributed by atoms with Crippen molar-refractivity contribution < 1.29 is 13.3 Å². The molecule has 0 aromatic heterocycles. The number of rotatable bonds is 5. The fourth-order valence-corrected chi connectivity index (χ4v) is 2.74. The van der Waals surface area contributed by atoms with E-state index in [-0.39, 0.29) is 21.9 Å². The number of benzene rings is 1. The monoisotopic (exact) mass is 320 g/mol. The Morgan fingerprint density at radius 2 is 1.85 bits per heavy atom. The normalized spacial score (nSPS) is 15.1. The third-order valence-corrected chi connectivity index (χ3v) is 5.35. The van der Waals surface area contributed by atoms with Crippen molar-refractivity contribution in [2.24, 2.45) is 0 Å². The largest absolute Gasteiger partial charge is 0.274 e. The van der Waals surface area contributed by atoms with Gasteiger partial charge in [-0.1, -0.05) is 13.0 Å². The first-order valence-electron chi connectivity index (χ1n) is 5.94. The number of halogens is 1. The van der Waals surface area contributed by atoms with E-state index in [1.807, 2.05) is 0 Å². The van der Waals surface area contributed by atoms with E-state index in [0.29, 0.717) is 5.56 Å². The minimum atomic E-state index is -3.70. The maximum Gasteiger partial charge on any atom is 0.274 e. The van der Waals surface area contributed by atoms with Gasteiger partial charge in [0.2, 0.25) is 10.0 Å². The van der Waals surface area contributed by atoms with Crippen molar-refractivity contribution in [3.05, 3.63) is 33.9 Å². The van der Waals surface area contributed by atoms with E-state index in [1.165, 1.54) is 26.2 Å². The maximum absolute atomic E-state index is 12.0. The first-order valence-corrected chi connectivity index (χ1v) is 7.81. The fraction of sp³-hybridized carbons (Fsp3) is 0.500. The molecular weight excluding hydrogens is 304 g/mol. The quantitative estimate of drug-likeness (QED) is 0.474. The molecule has 0 aliphatic heterocycles. The molecule has 0 aliphatic rings. The van der Waals surface area contributed by atoms with Crippen LogP contribution in [0.4, 0.5) is 5.69 Å². The summed E-state index contributed by atoms with van der Waals surface area (Å²) >= 11 is 5.97. The van der Waals surface area contributed by atoms with Crippen LogP contribution in [-0.4, -0.2) is 37.1 Å². The van der Waals surface area contributed by atoms with Gasteiger partial charge < -0.3 is 0 Å². The Bertz CT molecular complexity index is 614. The zero-order valence-corrected chi connectivity index (χ0v) is 13.3. The van der Waals surface area contributed by atoms with Crippen molar-refractivity contribution in [2.75, 3.05) is 14.1 Å². The highest BCUT2D eigenvalue weighted by Crippen LogP contribution is 2.33. The lowest BCUT2D eigenvalue weighted by Crippen LogP contribution is -2.22. The third-order valence-electron chi connectivity index (χ3n) is 3.16. The molecule has 112 valence electrons. The Balaban J connectivity index is 3.46. The van der Waals surface area contributed by atoms with E-state index in [2.05, 4.69) is 0 Å². The minimum Gasteiger partial charge on any atom is -0.258 e. The van der Waals surface area contributed by atoms with Gasteiger partial charge in [-0.25, -0.2) is 12.7 Å². The number of nitro benzene ring substituents is 1.